The molecule has 1 aliphatic rings. The van der Waals surface area contributed by atoms with Crippen LogP contribution in [-0.2, 0) is 0 Å². The SMILES string of the molecule is Cc1cn2cc(-c3cc(=O)n4cc(N5CCN(C(C)C)[C@@H](C)C5)ccc4n3)cc(Cl)c2n1. The number of nitrogens with zero attached hydrogens (tertiary/aromatic N) is 6. The predicted molar refractivity (Wildman–Crippen MR) is 129 cm³/mol. The first kappa shape index (κ1) is 21.0. The lowest BCUT2D eigenvalue weighted by Crippen LogP contribution is -2.54. The van der Waals surface area contributed by atoms with Crippen molar-refractivity contribution in [2.45, 2.75) is 39.8 Å². The maximum absolute atomic E-state index is 13.0. The first-order valence-corrected chi connectivity index (χ1v) is 11.4. The monoisotopic (exact) mass is 450 g/mol. The van der Waals surface area contributed by atoms with Crippen LogP contribution in [0.15, 0.2) is 47.7 Å². The second-order valence-corrected chi connectivity index (χ2v) is 9.32. The van der Waals surface area contributed by atoms with Gasteiger partial charge in [0.2, 0.25) is 0 Å². The summed E-state index contributed by atoms with van der Waals surface area (Å²) < 4.78 is 3.50. The molecule has 0 aromatic carbocycles. The zero-order valence-electron chi connectivity index (χ0n) is 18.8. The highest BCUT2D eigenvalue weighted by molar-refractivity contribution is 6.33. The molecule has 166 valence electrons. The van der Waals surface area contributed by atoms with E-state index >= 15 is 0 Å². The Morgan fingerprint density at radius 3 is 2.66 bits per heavy atom. The Bertz CT molecular complexity index is 1370. The molecular formula is C24H27ClN6O. The van der Waals surface area contributed by atoms with E-state index in [0.717, 1.165) is 36.6 Å². The van der Waals surface area contributed by atoms with Crippen LogP contribution in [0.25, 0.3) is 22.6 Å². The van der Waals surface area contributed by atoms with Gasteiger partial charge in [-0.3, -0.25) is 14.1 Å². The van der Waals surface area contributed by atoms with Crippen molar-refractivity contribution in [2.24, 2.45) is 0 Å². The molecule has 5 rings (SSSR count). The molecule has 0 radical (unpaired) electrons. The van der Waals surface area contributed by atoms with Gasteiger partial charge in [-0.1, -0.05) is 11.6 Å². The number of anilines is 1. The zero-order chi connectivity index (χ0) is 22.6. The minimum absolute atomic E-state index is 0.112. The van der Waals surface area contributed by atoms with Crippen LogP contribution in [-0.4, -0.2) is 55.4 Å². The molecule has 1 saturated heterocycles. The standard InChI is InChI=1S/C24H27ClN6O/c1-15(2)30-8-7-28(12-17(30)4)19-5-6-22-27-21(10-23(32)31(22)14-19)18-9-20(25)24-26-16(3)11-29(24)13-18/h5-6,9-11,13-15,17H,7-8,12H2,1-4H3/t17-/m0/s1. The average Bonchev–Trinajstić information content (AvgIpc) is 3.14. The van der Waals surface area contributed by atoms with Crippen LogP contribution in [0.4, 0.5) is 5.69 Å². The van der Waals surface area contributed by atoms with Gasteiger partial charge in [-0.25, -0.2) is 9.97 Å². The van der Waals surface area contributed by atoms with Crippen molar-refractivity contribution in [3.63, 3.8) is 0 Å². The normalized spacial score (nSPS) is 17.7. The summed E-state index contributed by atoms with van der Waals surface area (Å²) in [6.07, 6.45) is 5.72. The van der Waals surface area contributed by atoms with Gasteiger partial charge in [-0.05, 0) is 45.9 Å². The van der Waals surface area contributed by atoms with Crippen LogP contribution in [0.1, 0.15) is 26.5 Å². The van der Waals surface area contributed by atoms with Gasteiger partial charge in [0.15, 0.2) is 5.65 Å². The van der Waals surface area contributed by atoms with E-state index in [0.29, 0.717) is 34.1 Å². The third-order valence-corrected chi connectivity index (χ3v) is 6.55. The van der Waals surface area contributed by atoms with E-state index in [1.807, 2.05) is 42.0 Å². The fourth-order valence-electron chi connectivity index (χ4n) is 4.72. The van der Waals surface area contributed by atoms with Crippen molar-refractivity contribution in [3.05, 3.63) is 63.9 Å². The summed E-state index contributed by atoms with van der Waals surface area (Å²) in [6.45, 7) is 11.6. The average molecular weight is 451 g/mol. The molecule has 4 aromatic rings. The van der Waals surface area contributed by atoms with Crippen LogP contribution < -0.4 is 10.5 Å². The number of imidazole rings is 1. The molecule has 8 heteroatoms. The number of aromatic nitrogens is 4. The minimum atomic E-state index is -0.112. The Morgan fingerprint density at radius 1 is 1.09 bits per heavy atom. The van der Waals surface area contributed by atoms with E-state index in [4.69, 9.17) is 16.6 Å². The fourth-order valence-corrected chi connectivity index (χ4v) is 4.98. The van der Waals surface area contributed by atoms with Crippen molar-refractivity contribution in [3.8, 4) is 11.3 Å². The van der Waals surface area contributed by atoms with Gasteiger partial charge in [-0.2, -0.15) is 0 Å². The fraction of sp³-hybridized carbons (Fsp3) is 0.375. The molecule has 0 aliphatic carbocycles. The van der Waals surface area contributed by atoms with E-state index < -0.39 is 0 Å². The highest BCUT2D eigenvalue weighted by Gasteiger charge is 2.25. The second kappa shape index (κ2) is 7.90. The Labute approximate surface area is 191 Å². The number of piperazine rings is 1. The molecule has 0 amide bonds. The van der Waals surface area contributed by atoms with E-state index in [-0.39, 0.29) is 5.56 Å². The van der Waals surface area contributed by atoms with Crippen LogP contribution in [0.2, 0.25) is 5.02 Å². The summed E-state index contributed by atoms with van der Waals surface area (Å²) in [5.41, 5.74) is 4.50. The van der Waals surface area contributed by atoms with E-state index in [9.17, 15) is 4.79 Å². The van der Waals surface area contributed by atoms with Gasteiger partial charge >= 0.3 is 0 Å². The summed E-state index contributed by atoms with van der Waals surface area (Å²) in [6, 6.07) is 8.35. The summed E-state index contributed by atoms with van der Waals surface area (Å²) >= 11 is 6.43. The first-order valence-electron chi connectivity index (χ1n) is 11.0. The molecule has 4 aromatic heterocycles. The van der Waals surface area contributed by atoms with Gasteiger partial charge in [0.25, 0.3) is 5.56 Å². The number of rotatable bonds is 3. The summed E-state index contributed by atoms with van der Waals surface area (Å²) in [5, 5.41) is 0.530. The summed E-state index contributed by atoms with van der Waals surface area (Å²) in [4.78, 5) is 27.0. The molecule has 0 unspecified atom stereocenters. The molecule has 0 spiro atoms. The quantitative estimate of drug-likeness (QED) is 0.474. The lowest BCUT2D eigenvalue weighted by atomic mass is 10.1. The molecule has 1 fully saturated rings. The topological polar surface area (TPSA) is 58.2 Å². The van der Waals surface area contributed by atoms with Gasteiger partial charge in [0.05, 0.1) is 22.1 Å². The molecule has 5 heterocycles. The second-order valence-electron chi connectivity index (χ2n) is 8.91. The summed E-state index contributed by atoms with van der Waals surface area (Å²) in [5.74, 6) is 0. The number of hydrogen-bond donors (Lipinski definition) is 0. The number of hydrogen-bond acceptors (Lipinski definition) is 5. The van der Waals surface area contributed by atoms with Crippen molar-refractivity contribution in [1.82, 2.24) is 23.7 Å². The van der Waals surface area contributed by atoms with Crippen molar-refractivity contribution in [2.75, 3.05) is 24.5 Å². The smallest absolute Gasteiger partial charge is 0.258 e. The highest BCUT2D eigenvalue weighted by atomic mass is 35.5. The van der Waals surface area contributed by atoms with Gasteiger partial charge in [0.1, 0.15) is 5.65 Å². The Kier molecular flexibility index (Phi) is 5.18. The van der Waals surface area contributed by atoms with E-state index in [1.54, 1.807) is 10.5 Å². The van der Waals surface area contributed by atoms with Gasteiger partial charge in [0, 0.05) is 61.9 Å². The van der Waals surface area contributed by atoms with Crippen LogP contribution in [0.5, 0.6) is 0 Å². The molecule has 1 atom stereocenters. The Morgan fingerprint density at radius 2 is 1.91 bits per heavy atom. The van der Waals surface area contributed by atoms with Crippen LogP contribution >= 0.6 is 11.6 Å². The van der Waals surface area contributed by atoms with Gasteiger partial charge in [-0.15, -0.1) is 0 Å². The van der Waals surface area contributed by atoms with Crippen molar-refractivity contribution < 1.29 is 0 Å². The van der Waals surface area contributed by atoms with E-state index in [2.05, 4.69) is 41.6 Å². The molecule has 0 bridgehead atoms. The number of fused-ring (bicyclic) bond motifs is 2. The largest absolute Gasteiger partial charge is 0.367 e. The van der Waals surface area contributed by atoms with Crippen LogP contribution in [0.3, 0.4) is 0 Å². The summed E-state index contributed by atoms with van der Waals surface area (Å²) in [7, 11) is 0. The molecular weight excluding hydrogens is 424 g/mol. The maximum Gasteiger partial charge on any atom is 0.258 e. The Balaban J connectivity index is 1.50. The van der Waals surface area contributed by atoms with Crippen molar-refractivity contribution >= 4 is 28.6 Å². The Hall–Kier alpha value is -2.90. The maximum atomic E-state index is 13.0. The number of aryl methyl sites for hydroxylation is 1. The number of pyridine rings is 2. The lowest BCUT2D eigenvalue weighted by Gasteiger charge is -2.43. The van der Waals surface area contributed by atoms with Crippen molar-refractivity contribution in [1.29, 1.82) is 0 Å². The predicted octanol–water partition coefficient (Wildman–Crippen LogP) is 3.89. The first-order chi connectivity index (χ1) is 15.3. The molecule has 1 aliphatic heterocycles. The third kappa shape index (κ3) is 3.65. The molecule has 7 nitrogen and oxygen atoms in total. The van der Waals surface area contributed by atoms with Crippen LogP contribution in [0, 0.1) is 6.92 Å². The third-order valence-electron chi connectivity index (χ3n) is 6.27. The highest BCUT2D eigenvalue weighted by Crippen LogP contribution is 2.26. The lowest BCUT2D eigenvalue weighted by molar-refractivity contribution is 0.148. The van der Waals surface area contributed by atoms with E-state index in [1.165, 1.54) is 0 Å². The van der Waals surface area contributed by atoms with Gasteiger partial charge < -0.3 is 9.30 Å². The molecule has 0 saturated carbocycles. The molecule has 32 heavy (non-hydrogen) atoms. The zero-order valence-corrected chi connectivity index (χ0v) is 19.5. The number of halogens is 1. The molecule has 0 N–H and O–H groups in total. The minimum Gasteiger partial charge on any atom is -0.367 e.